The SMILES string of the molecule is CC1CCC(CN2CCC(C(=O)C(C)C)CC2)CC1. The predicted molar refractivity (Wildman–Crippen MR) is 80.1 cm³/mol. The van der Waals surface area contributed by atoms with Crippen molar-refractivity contribution in [3.8, 4) is 0 Å². The second-order valence-electron chi connectivity index (χ2n) is 7.26. The van der Waals surface area contributed by atoms with E-state index in [1.54, 1.807) is 0 Å². The molecule has 2 nitrogen and oxygen atoms in total. The minimum absolute atomic E-state index is 0.219. The van der Waals surface area contributed by atoms with E-state index in [0.717, 1.165) is 37.8 Å². The third-order valence-corrected chi connectivity index (χ3v) is 5.21. The van der Waals surface area contributed by atoms with Crippen LogP contribution in [-0.2, 0) is 4.79 Å². The number of likely N-dealkylation sites (tertiary alicyclic amines) is 1. The monoisotopic (exact) mass is 265 g/mol. The first-order valence-electron chi connectivity index (χ1n) is 8.32. The van der Waals surface area contributed by atoms with Crippen LogP contribution in [0.3, 0.4) is 0 Å². The summed E-state index contributed by atoms with van der Waals surface area (Å²) in [6, 6.07) is 0. The second-order valence-corrected chi connectivity index (χ2v) is 7.26. The first kappa shape index (κ1) is 15.0. The van der Waals surface area contributed by atoms with Crippen LogP contribution in [0.1, 0.15) is 59.3 Å². The number of piperidine rings is 1. The van der Waals surface area contributed by atoms with Gasteiger partial charge in [-0.05, 0) is 50.6 Å². The lowest BCUT2D eigenvalue weighted by molar-refractivity contribution is -0.127. The maximum Gasteiger partial charge on any atom is 0.138 e. The van der Waals surface area contributed by atoms with Gasteiger partial charge in [0.05, 0.1) is 0 Å². The molecule has 0 unspecified atom stereocenters. The molecule has 2 aliphatic rings. The van der Waals surface area contributed by atoms with Gasteiger partial charge in [0.25, 0.3) is 0 Å². The van der Waals surface area contributed by atoms with Gasteiger partial charge in [-0.25, -0.2) is 0 Å². The molecular weight excluding hydrogens is 234 g/mol. The molecule has 19 heavy (non-hydrogen) atoms. The number of rotatable bonds is 4. The van der Waals surface area contributed by atoms with Gasteiger partial charge in [0.2, 0.25) is 0 Å². The zero-order valence-electron chi connectivity index (χ0n) is 13.0. The summed E-state index contributed by atoms with van der Waals surface area (Å²) in [5.74, 6) is 2.93. The van der Waals surface area contributed by atoms with E-state index in [0.29, 0.717) is 11.7 Å². The third kappa shape index (κ3) is 4.30. The van der Waals surface area contributed by atoms with E-state index >= 15 is 0 Å². The molecule has 0 spiro atoms. The van der Waals surface area contributed by atoms with Gasteiger partial charge in [-0.15, -0.1) is 0 Å². The van der Waals surface area contributed by atoms with Crippen LogP contribution in [0.25, 0.3) is 0 Å². The van der Waals surface area contributed by atoms with Crippen molar-refractivity contribution in [1.82, 2.24) is 4.90 Å². The molecule has 1 saturated heterocycles. The summed E-state index contributed by atoms with van der Waals surface area (Å²) in [6.45, 7) is 10.1. The second kappa shape index (κ2) is 6.88. The van der Waals surface area contributed by atoms with E-state index in [1.807, 2.05) is 13.8 Å². The van der Waals surface area contributed by atoms with Gasteiger partial charge in [-0.1, -0.05) is 33.6 Å². The summed E-state index contributed by atoms with van der Waals surface area (Å²) in [7, 11) is 0. The number of hydrogen-bond donors (Lipinski definition) is 0. The van der Waals surface area contributed by atoms with Gasteiger partial charge in [0.1, 0.15) is 5.78 Å². The summed E-state index contributed by atoms with van der Waals surface area (Å²) >= 11 is 0. The zero-order valence-corrected chi connectivity index (χ0v) is 13.0. The molecule has 110 valence electrons. The molecule has 0 aromatic rings. The Labute approximate surface area is 118 Å². The molecule has 0 aromatic carbocycles. The van der Waals surface area contributed by atoms with E-state index in [9.17, 15) is 4.79 Å². The van der Waals surface area contributed by atoms with Crippen LogP contribution in [-0.4, -0.2) is 30.3 Å². The summed E-state index contributed by atoms with van der Waals surface area (Å²) in [5, 5.41) is 0. The Morgan fingerprint density at radius 1 is 1.05 bits per heavy atom. The van der Waals surface area contributed by atoms with Crippen LogP contribution < -0.4 is 0 Å². The van der Waals surface area contributed by atoms with Crippen molar-refractivity contribution < 1.29 is 4.79 Å². The molecular formula is C17H31NO. The maximum atomic E-state index is 12.0. The smallest absolute Gasteiger partial charge is 0.138 e. The summed E-state index contributed by atoms with van der Waals surface area (Å²) in [6.07, 6.45) is 7.89. The Morgan fingerprint density at radius 3 is 2.16 bits per heavy atom. The summed E-state index contributed by atoms with van der Waals surface area (Å²) < 4.78 is 0. The summed E-state index contributed by atoms with van der Waals surface area (Å²) in [4.78, 5) is 14.6. The molecule has 2 fully saturated rings. The minimum atomic E-state index is 0.219. The molecule has 0 atom stereocenters. The third-order valence-electron chi connectivity index (χ3n) is 5.21. The molecule has 0 aromatic heterocycles. The van der Waals surface area contributed by atoms with Gasteiger partial charge in [-0.2, -0.15) is 0 Å². The van der Waals surface area contributed by atoms with E-state index < -0.39 is 0 Å². The fourth-order valence-electron chi connectivity index (χ4n) is 3.75. The average Bonchev–Trinajstić information content (AvgIpc) is 2.41. The molecule has 1 aliphatic heterocycles. The number of nitrogens with zero attached hydrogens (tertiary/aromatic N) is 1. The molecule has 0 bridgehead atoms. The van der Waals surface area contributed by atoms with E-state index in [1.165, 1.54) is 32.2 Å². The quantitative estimate of drug-likeness (QED) is 0.771. The standard InChI is InChI=1S/C17H31NO/c1-13(2)17(19)16-8-10-18(11-9-16)12-15-6-4-14(3)5-7-15/h13-16H,4-12H2,1-3H3. The Balaban J connectivity index is 1.70. The van der Waals surface area contributed by atoms with Crippen molar-refractivity contribution in [1.29, 1.82) is 0 Å². The highest BCUT2D eigenvalue weighted by Gasteiger charge is 2.28. The van der Waals surface area contributed by atoms with Crippen LogP contribution in [0, 0.1) is 23.7 Å². The zero-order chi connectivity index (χ0) is 13.8. The predicted octanol–water partition coefficient (Wildman–Crippen LogP) is 3.75. The highest BCUT2D eigenvalue weighted by atomic mass is 16.1. The highest BCUT2D eigenvalue weighted by Crippen LogP contribution is 2.30. The molecule has 0 amide bonds. The van der Waals surface area contributed by atoms with Gasteiger partial charge < -0.3 is 4.90 Å². The fraction of sp³-hybridized carbons (Fsp3) is 0.941. The van der Waals surface area contributed by atoms with Crippen LogP contribution >= 0.6 is 0 Å². The first-order chi connectivity index (χ1) is 9.06. The van der Waals surface area contributed by atoms with E-state index in [-0.39, 0.29) is 5.92 Å². The number of carbonyl (C=O) groups is 1. The average molecular weight is 265 g/mol. The van der Waals surface area contributed by atoms with Crippen LogP contribution in [0.5, 0.6) is 0 Å². The maximum absolute atomic E-state index is 12.0. The van der Waals surface area contributed by atoms with Crippen LogP contribution in [0.15, 0.2) is 0 Å². The van der Waals surface area contributed by atoms with Crippen LogP contribution in [0.2, 0.25) is 0 Å². The Morgan fingerprint density at radius 2 is 1.63 bits per heavy atom. The fourth-order valence-corrected chi connectivity index (χ4v) is 3.75. The van der Waals surface area contributed by atoms with Crippen molar-refractivity contribution in [2.45, 2.75) is 59.3 Å². The Kier molecular flexibility index (Phi) is 5.44. The van der Waals surface area contributed by atoms with Gasteiger partial charge >= 0.3 is 0 Å². The van der Waals surface area contributed by atoms with Gasteiger partial charge in [0.15, 0.2) is 0 Å². The van der Waals surface area contributed by atoms with E-state index in [2.05, 4.69) is 11.8 Å². The molecule has 1 saturated carbocycles. The summed E-state index contributed by atoms with van der Waals surface area (Å²) in [5.41, 5.74) is 0. The minimum Gasteiger partial charge on any atom is -0.303 e. The number of carbonyl (C=O) groups excluding carboxylic acids is 1. The number of ketones is 1. The Bertz CT molecular complexity index is 284. The molecule has 0 radical (unpaired) electrons. The molecule has 0 N–H and O–H groups in total. The number of Topliss-reactive ketones (excluding diaryl/α,β-unsaturated/α-hetero) is 1. The van der Waals surface area contributed by atoms with Crippen LogP contribution in [0.4, 0.5) is 0 Å². The highest BCUT2D eigenvalue weighted by molar-refractivity contribution is 5.82. The van der Waals surface area contributed by atoms with Crippen molar-refractivity contribution in [2.24, 2.45) is 23.7 Å². The first-order valence-corrected chi connectivity index (χ1v) is 8.32. The van der Waals surface area contributed by atoms with Gasteiger partial charge in [0, 0.05) is 18.4 Å². The van der Waals surface area contributed by atoms with E-state index in [4.69, 9.17) is 0 Å². The molecule has 1 aliphatic carbocycles. The molecule has 2 rings (SSSR count). The largest absolute Gasteiger partial charge is 0.303 e. The molecule has 1 heterocycles. The van der Waals surface area contributed by atoms with Crippen molar-refractivity contribution in [3.05, 3.63) is 0 Å². The van der Waals surface area contributed by atoms with Crippen molar-refractivity contribution >= 4 is 5.78 Å². The Hall–Kier alpha value is -0.370. The van der Waals surface area contributed by atoms with Gasteiger partial charge in [-0.3, -0.25) is 4.79 Å². The lowest BCUT2D eigenvalue weighted by atomic mass is 9.82. The lowest BCUT2D eigenvalue weighted by Gasteiger charge is -2.36. The molecule has 2 heteroatoms. The topological polar surface area (TPSA) is 20.3 Å². The number of hydrogen-bond acceptors (Lipinski definition) is 2. The lowest BCUT2D eigenvalue weighted by Crippen LogP contribution is -2.40. The normalized spacial score (nSPS) is 30.7. The van der Waals surface area contributed by atoms with Crippen molar-refractivity contribution in [3.63, 3.8) is 0 Å². The van der Waals surface area contributed by atoms with Crippen molar-refractivity contribution in [2.75, 3.05) is 19.6 Å².